The predicted octanol–water partition coefficient (Wildman–Crippen LogP) is 2.15. The molecule has 0 bridgehead atoms. The molecule has 1 aromatic rings. The summed E-state index contributed by atoms with van der Waals surface area (Å²) in [5.74, 6) is 0.167. The molecule has 2 saturated heterocycles. The Balaban J connectivity index is 1.21. The molecule has 1 unspecified atom stereocenters. The van der Waals surface area contributed by atoms with Gasteiger partial charge in [0.2, 0.25) is 11.8 Å². The zero-order valence-corrected chi connectivity index (χ0v) is 18.1. The van der Waals surface area contributed by atoms with Crippen LogP contribution in [0.25, 0.3) is 0 Å². The van der Waals surface area contributed by atoms with E-state index >= 15 is 0 Å². The molecular formula is C24H32N4O3. The van der Waals surface area contributed by atoms with E-state index in [0.717, 1.165) is 43.3 Å². The summed E-state index contributed by atoms with van der Waals surface area (Å²) < 4.78 is 0. The smallest absolute Gasteiger partial charge is 0.255 e. The molecule has 0 radical (unpaired) electrons. The van der Waals surface area contributed by atoms with Crippen LogP contribution < -0.4 is 10.2 Å². The lowest BCUT2D eigenvalue weighted by atomic mass is 9.89. The SMILES string of the molecule is O=C1CCC(N2Cc3cc(N4CCN(CC5CCCCC5)CC4)ccc3C2=O)C(=O)N1. The fraction of sp³-hybridized carbons (Fsp3) is 0.625. The molecule has 0 aromatic heterocycles. The van der Waals surface area contributed by atoms with Crippen LogP contribution in [0.5, 0.6) is 0 Å². The predicted molar refractivity (Wildman–Crippen MR) is 118 cm³/mol. The minimum absolute atomic E-state index is 0.103. The average Bonchev–Trinajstić information content (AvgIpc) is 3.10. The maximum absolute atomic E-state index is 12.9. The summed E-state index contributed by atoms with van der Waals surface area (Å²) in [4.78, 5) is 43.2. The zero-order chi connectivity index (χ0) is 21.4. The Morgan fingerprint density at radius 3 is 2.45 bits per heavy atom. The minimum atomic E-state index is -0.551. The molecule has 3 aliphatic heterocycles. The topological polar surface area (TPSA) is 73.0 Å². The van der Waals surface area contributed by atoms with E-state index in [-0.39, 0.29) is 24.1 Å². The van der Waals surface area contributed by atoms with Crippen LogP contribution in [-0.4, -0.2) is 66.3 Å². The second-order valence-electron chi connectivity index (χ2n) is 9.53. The van der Waals surface area contributed by atoms with Crippen molar-refractivity contribution < 1.29 is 14.4 Å². The summed E-state index contributed by atoms with van der Waals surface area (Å²) >= 11 is 0. The number of nitrogens with one attached hydrogen (secondary N) is 1. The van der Waals surface area contributed by atoms with Crippen LogP contribution in [0.1, 0.15) is 60.9 Å². The normalized spacial score (nSPS) is 25.7. The van der Waals surface area contributed by atoms with E-state index in [1.165, 1.54) is 38.6 Å². The zero-order valence-electron chi connectivity index (χ0n) is 18.1. The van der Waals surface area contributed by atoms with E-state index in [1.54, 1.807) is 4.90 Å². The molecule has 7 heteroatoms. The van der Waals surface area contributed by atoms with Gasteiger partial charge in [-0.15, -0.1) is 0 Å². The summed E-state index contributed by atoms with van der Waals surface area (Å²) in [6, 6.07) is 5.52. The lowest BCUT2D eigenvalue weighted by Crippen LogP contribution is -2.52. The summed E-state index contributed by atoms with van der Waals surface area (Å²) in [6.07, 6.45) is 7.67. The van der Waals surface area contributed by atoms with E-state index in [0.29, 0.717) is 18.5 Å². The van der Waals surface area contributed by atoms with Crippen molar-refractivity contribution in [1.82, 2.24) is 15.1 Å². The monoisotopic (exact) mass is 424 g/mol. The average molecular weight is 425 g/mol. The highest BCUT2D eigenvalue weighted by molar-refractivity contribution is 6.05. The number of nitrogens with zero attached hydrogens (tertiary/aromatic N) is 3. The highest BCUT2D eigenvalue weighted by atomic mass is 16.2. The van der Waals surface area contributed by atoms with Crippen LogP contribution in [0.3, 0.4) is 0 Å². The van der Waals surface area contributed by atoms with E-state index in [1.807, 2.05) is 12.1 Å². The minimum Gasteiger partial charge on any atom is -0.369 e. The second-order valence-corrected chi connectivity index (χ2v) is 9.53. The van der Waals surface area contributed by atoms with Gasteiger partial charge >= 0.3 is 0 Å². The van der Waals surface area contributed by atoms with Crippen molar-refractivity contribution in [3.63, 3.8) is 0 Å². The number of piperazine rings is 1. The number of amides is 3. The van der Waals surface area contributed by atoms with Crippen LogP contribution in [-0.2, 0) is 16.1 Å². The third-order valence-corrected chi connectivity index (χ3v) is 7.49. The van der Waals surface area contributed by atoms with E-state index in [9.17, 15) is 14.4 Å². The molecule has 1 saturated carbocycles. The molecule has 7 nitrogen and oxygen atoms in total. The van der Waals surface area contributed by atoms with Gasteiger partial charge in [-0.1, -0.05) is 19.3 Å². The number of hydrogen-bond donors (Lipinski definition) is 1. The molecule has 3 amide bonds. The van der Waals surface area contributed by atoms with E-state index in [4.69, 9.17) is 0 Å². The van der Waals surface area contributed by atoms with Gasteiger partial charge in [0.15, 0.2) is 0 Å². The van der Waals surface area contributed by atoms with Crippen molar-refractivity contribution in [3.05, 3.63) is 29.3 Å². The van der Waals surface area contributed by atoms with Crippen LogP contribution in [0, 0.1) is 5.92 Å². The number of fused-ring (bicyclic) bond motifs is 1. The van der Waals surface area contributed by atoms with Gasteiger partial charge in [-0.05, 0) is 48.9 Å². The Kier molecular flexibility index (Phi) is 5.69. The van der Waals surface area contributed by atoms with Crippen molar-refractivity contribution in [2.45, 2.75) is 57.5 Å². The van der Waals surface area contributed by atoms with Crippen molar-refractivity contribution in [3.8, 4) is 0 Å². The Morgan fingerprint density at radius 1 is 0.935 bits per heavy atom. The Hall–Kier alpha value is -2.41. The quantitative estimate of drug-likeness (QED) is 0.750. The Labute approximate surface area is 183 Å². The van der Waals surface area contributed by atoms with Gasteiger partial charge in [-0.3, -0.25) is 24.6 Å². The Morgan fingerprint density at radius 2 is 1.71 bits per heavy atom. The van der Waals surface area contributed by atoms with E-state index < -0.39 is 6.04 Å². The van der Waals surface area contributed by atoms with Gasteiger partial charge in [0.1, 0.15) is 6.04 Å². The van der Waals surface area contributed by atoms with Crippen molar-refractivity contribution in [1.29, 1.82) is 0 Å². The molecule has 1 aliphatic carbocycles. The van der Waals surface area contributed by atoms with Gasteiger partial charge in [0, 0.05) is 56.9 Å². The van der Waals surface area contributed by atoms with E-state index in [2.05, 4.69) is 21.2 Å². The molecule has 5 rings (SSSR count). The third kappa shape index (κ3) is 4.20. The molecule has 0 spiro atoms. The first-order valence-electron chi connectivity index (χ1n) is 11.8. The van der Waals surface area contributed by atoms with Crippen LogP contribution >= 0.6 is 0 Å². The fourth-order valence-corrected chi connectivity index (χ4v) is 5.68. The van der Waals surface area contributed by atoms with Gasteiger partial charge in [0.25, 0.3) is 5.91 Å². The molecule has 4 aliphatic rings. The number of carbonyl (C=O) groups is 3. The maximum Gasteiger partial charge on any atom is 0.255 e. The van der Waals surface area contributed by atoms with Gasteiger partial charge < -0.3 is 9.80 Å². The molecule has 1 aromatic carbocycles. The van der Waals surface area contributed by atoms with Gasteiger partial charge in [0.05, 0.1) is 0 Å². The number of anilines is 1. The van der Waals surface area contributed by atoms with Gasteiger partial charge in [-0.2, -0.15) is 0 Å². The molecule has 1 atom stereocenters. The molecule has 3 fully saturated rings. The fourth-order valence-electron chi connectivity index (χ4n) is 5.68. The summed E-state index contributed by atoms with van der Waals surface area (Å²) in [5, 5.41) is 2.37. The largest absolute Gasteiger partial charge is 0.369 e. The van der Waals surface area contributed by atoms with Crippen molar-refractivity contribution in [2.24, 2.45) is 5.92 Å². The number of piperidine rings is 1. The maximum atomic E-state index is 12.9. The first kappa shape index (κ1) is 20.5. The van der Waals surface area contributed by atoms with Crippen LogP contribution in [0.15, 0.2) is 18.2 Å². The third-order valence-electron chi connectivity index (χ3n) is 7.49. The lowest BCUT2D eigenvalue weighted by molar-refractivity contribution is -0.136. The number of hydrogen-bond acceptors (Lipinski definition) is 5. The van der Waals surface area contributed by atoms with Crippen LogP contribution in [0.4, 0.5) is 5.69 Å². The first-order chi connectivity index (χ1) is 15.1. The van der Waals surface area contributed by atoms with Crippen molar-refractivity contribution in [2.75, 3.05) is 37.6 Å². The highest BCUT2D eigenvalue weighted by Gasteiger charge is 2.39. The second kappa shape index (κ2) is 8.61. The lowest BCUT2D eigenvalue weighted by Gasteiger charge is -2.38. The molecule has 31 heavy (non-hydrogen) atoms. The summed E-state index contributed by atoms with van der Waals surface area (Å²) in [6.45, 7) is 5.89. The Bertz CT molecular complexity index is 872. The first-order valence-corrected chi connectivity index (χ1v) is 11.8. The summed E-state index contributed by atoms with van der Waals surface area (Å²) in [7, 11) is 0. The molecule has 3 heterocycles. The van der Waals surface area contributed by atoms with Gasteiger partial charge in [-0.25, -0.2) is 0 Å². The molecule has 1 N–H and O–H groups in total. The number of imide groups is 1. The standard InChI is InChI=1S/C24H32N4O3/c29-22-9-8-21(23(30)25-22)28-16-18-14-19(6-7-20(18)24(28)31)27-12-10-26(11-13-27)15-17-4-2-1-3-5-17/h6-7,14,17,21H,1-5,8-13,15-16H2,(H,25,29,30). The van der Waals surface area contributed by atoms with Crippen molar-refractivity contribution >= 4 is 23.4 Å². The number of carbonyl (C=O) groups excluding carboxylic acids is 3. The number of rotatable bonds is 4. The number of benzene rings is 1. The highest BCUT2D eigenvalue weighted by Crippen LogP contribution is 2.31. The van der Waals surface area contributed by atoms with Crippen LogP contribution in [0.2, 0.25) is 0 Å². The summed E-state index contributed by atoms with van der Waals surface area (Å²) in [5.41, 5.74) is 2.83. The molecule has 166 valence electrons. The molecular weight excluding hydrogens is 392 g/mol.